The SMILES string of the molecule is CCN(C)C(=O)CC(CN(C)C)SI. The topological polar surface area (TPSA) is 23.6 Å². The van der Waals surface area contributed by atoms with Crippen molar-refractivity contribution in [2.75, 3.05) is 34.2 Å². The summed E-state index contributed by atoms with van der Waals surface area (Å²) in [6.45, 7) is 3.74. The van der Waals surface area contributed by atoms with Gasteiger partial charge in [-0.05, 0) is 42.2 Å². The molecule has 1 atom stereocenters. The van der Waals surface area contributed by atoms with E-state index in [1.807, 2.05) is 28.1 Å². The maximum absolute atomic E-state index is 11.6. The van der Waals surface area contributed by atoms with Gasteiger partial charge in [0.05, 0.1) is 0 Å². The molecule has 0 radical (unpaired) electrons. The number of amides is 1. The highest BCUT2D eigenvalue weighted by atomic mass is 127. The van der Waals surface area contributed by atoms with Crippen LogP contribution in [-0.2, 0) is 4.79 Å². The van der Waals surface area contributed by atoms with Crippen LogP contribution in [0.4, 0.5) is 0 Å². The zero-order valence-electron chi connectivity index (χ0n) is 9.29. The Morgan fingerprint density at radius 3 is 2.36 bits per heavy atom. The molecule has 0 aromatic heterocycles. The minimum absolute atomic E-state index is 0.239. The van der Waals surface area contributed by atoms with Gasteiger partial charge in [0.15, 0.2) is 0 Å². The quantitative estimate of drug-likeness (QED) is 0.695. The van der Waals surface area contributed by atoms with Gasteiger partial charge in [-0.3, -0.25) is 4.79 Å². The summed E-state index contributed by atoms with van der Waals surface area (Å²) in [5.74, 6) is 0.239. The monoisotopic (exact) mass is 330 g/mol. The molecule has 3 nitrogen and oxygen atoms in total. The van der Waals surface area contributed by atoms with E-state index in [1.165, 1.54) is 0 Å². The summed E-state index contributed by atoms with van der Waals surface area (Å²) in [6.07, 6.45) is 0.635. The zero-order chi connectivity index (χ0) is 11.1. The zero-order valence-corrected chi connectivity index (χ0v) is 12.3. The van der Waals surface area contributed by atoms with E-state index in [4.69, 9.17) is 0 Å². The summed E-state index contributed by atoms with van der Waals surface area (Å²) < 4.78 is 0. The molecule has 0 heterocycles. The number of rotatable bonds is 6. The van der Waals surface area contributed by atoms with Crippen LogP contribution in [0.2, 0.25) is 0 Å². The molecule has 14 heavy (non-hydrogen) atoms. The van der Waals surface area contributed by atoms with Crippen LogP contribution >= 0.6 is 30.1 Å². The van der Waals surface area contributed by atoms with Gasteiger partial charge < -0.3 is 9.80 Å². The molecule has 1 amide bonds. The van der Waals surface area contributed by atoms with E-state index >= 15 is 0 Å². The molecule has 0 saturated carbocycles. The first-order valence-electron chi connectivity index (χ1n) is 4.67. The Morgan fingerprint density at radius 2 is 2.00 bits per heavy atom. The van der Waals surface area contributed by atoms with E-state index < -0.39 is 0 Å². The molecule has 5 heteroatoms. The number of hydrogen-bond acceptors (Lipinski definition) is 3. The van der Waals surface area contributed by atoms with Crippen molar-refractivity contribution in [2.45, 2.75) is 18.6 Å². The van der Waals surface area contributed by atoms with E-state index in [1.54, 1.807) is 13.8 Å². The number of carbonyl (C=O) groups is 1. The molecule has 0 aliphatic rings. The molecule has 0 fully saturated rings. The van der Waals surface area contributed by atoms with Crippen LogP contribution in [0.5, 0.6) is 0 Å². The average molecular weight is 330 g/mol. The first-order valence-corrected chi connectivity index (χ1v) is 8.09. The molecule has 0 bridgehead atoms. The predicted molar refractivity (Wildman–Crippen MR) is 71.9 cm³/mol. The van der Waals surface area contributed by atoms with Gasteiger partial charge in [0.1, 0.15) is 0 Å². The summed E-state index contributed by atoms with van der Waals surface area (Å²) in [6, 6.07) is 0. The lowest BCUT2D eigenvalue weighted by molar-refractivity contribution is -0.129. The lowest BCUT2D eigenvalue weighted by Crippen LogP contribution is -2.32. The van der Waals surface area contributed by atoms with Crippen LogP contribution in [0.25, 0.3) is 0 Å². The van der Waals surface area contributed by atoms with Crippen LogP contribution < -0.4 is 0 Å². The molecule has 0 aliphatic heterocycles. The third kappa shape index (κ3) is 6.08. The van der Waals surface area contributed by atoms with Gasteiger partial charge in [0.2, 0.25) is 5.91 Å². The van der Waals surface area contributed by atoms with Crippen LogP contribution in [0, 0.1) is 0 Å². The van der Waals surface area contributed by atoms with Crippen molar-refractivity contribution in [3.8, 4) is 0 Å². The highest BCUT2D eigenvalue weighted by Crippen LogP contribution is 2.23. The fraction of sp³-hybridized carbons (Fsp3) is 0.889. The molecule has 0 saturated heterocycles. The molecule has 1 unspecified atom stereocenters. The number of nitrogens with zero attached hydrogens (tertiary/aromatic N) is 2. The Labute approximate surface area is 103 Å². The maximum Gasteiger partial charge on any atom is 0.223 e. The molecule has 84 valence electrons. The van der Waals surface area contributed by atoms with Gasteiger partial charge in [-0.1, -0.05) is 8.93 Å². The van der Waals surface area contributed by atoms with Crippen LogP contribution in [-0.4, -0.2) is 55.2 Å². The highest BCUT2D eigenvalue weighted by Gasteiger charge is 2.16. The van der Waals surface area contributed by atoms with Gasteiger partial charge >= 0.3 is 0 Å². The fourth-order valence-electron chi connectivity index (χ4n) is 1.06. The highest BCUT2D eigenvalue weighted by molar-refractivity contribution is 14.2. The van der Waals surface area contributed by atoms with Crippen molar-refractivity contribution in [1.82, 2.24) is 9.80 Å². The van der Waals surface area contributed by atoms with E-state index in [0.717, 1.165) is 13.1 Å². The van der Waals surface area contributed by atoms with Gasteiger partial charge in [-0.25, -0.2) is 0 Å². The van der Waals surface area contributed by atoms with E-state index in [2.05, 4.69) is 26.1 Å². The lowest BCUT2D eigenvalue weighted by Gasteiger charge is -2.21. The Hall–Kier alpha value is 0.510. The summed E-state index contributed by atoms with van der Waals surface area (Å²) in [5.41, 5.74) is 0. The van der Waals surface area contributed by atoms with E-state index in [0.29, 0.717) is 11.7 Å². The molecule has 0 spiro atoms. The van der Waals surface area contributed by atoms with Crippen molar-refractivity contribution in [3.05, 3.63) is 0 Å². The summed E-state index contributed by atoms with van der Waals surface area (Å²) in [4.78, 5) is 15.5. The molecular weight excluding hydrogens is 311 g/mol. The van der Waals surface area contributed by atoms with Crippen molar-refractivity contribution >= 4 is 36.0 Å². The minimum Gasteiger partial charge on any atom is -0.346 e. The third-order valence-corrected chi connectivity index (χ3v) is 4.72. The maximum atomic E-state index is 11.6. The van der Waals surface area contributed by atoms with Gasteiger partial charge in [0, 0.05) is 31.8 Å². The predicted octanol–water partition coefficient (Wildman–Crippen LogP) is 1.87. The van der Waals surface area contributed by atoms with Gasteiger partial charge in [-0.15, -0.1) is 0 Å². The Bertz CT molecular complexity index is 178. The smallest absolute Gasteiger partial charge is 0.223 e. The number of hydrogen-bond donors (Lipinski definition) is 0. The van der Waals surface area contributed by atoms with Crippen molar-refractivity contribution < 1.29 is 4.79 Å². The summed E-state index contributed by atoms with van der Waals surface area (Å²) >= 11 is 2.27. The van der Waals surface area contributed by atoms with Gasteiger partial charge in [0.25, 0.3) is 0 Å². The van der Waals surface area contributed by atoms with E-state index in [9.17, 15) is 4.79 Å². The largest absolute Gasteiger partial charge is 0.346 e. The average Bonchev–Trinajstić information content (AvgIpc) is 2.14. The summed E-state index contributed by atoms with van der Waals surface area (Å²) in [7, 11) is 7.66. The molecular formula is C9H19IN2OS. The molecule has 0 N–H and O–H groups in total. The Balaban J connectivity index is 3.98. The summed E-state index contributed by atoms with van der Waals surface area (Å²) in [5, 5.41) is 0.395. The number of carbonyl (C=O) groups excluding carboxylic acids is 1. The second-order valence-corrected chi connectivity index (χ2v) is 5.96. The first-order chi connectivity index (χ1) is 6.51. The first kappa shape index (κ1) is 14.5. The molecule has 0 aliphatic carbocycles. The second kappa shape index (κ2) is 7.76. The minimum atomic E-state index is 0.239. The van der Waals surface area contributed by atoms with Gasteiger partial charge in [-0.2, -0.15) is 0 Å². The molecule has 0 aromatic carbocycles. The van der Waals surface area contributed by atoms with E-state index in [-0.39, 0.29) is 5.91 Å². The number of halogens is 1. The third-order valence-electron chi connectivity index (χ3n) is 2.00. The second-order valence-electron chi connectivity index (χ2n) is 3.59. The van der Waals surface area contributed by atoms with Crippen molar-refractivity contribution in [3.63, 3.8) is 0 Å². The molecule has 0 rings (SSSR count). The van der Waals surface area contributed by atoms with Crippen molar-refractivity contribution in [1.29, 1.82) is 0 Å². The van der Waals surface area contributed by atoms with Crippen LogP contribution in [0.1, 0.15) is 13.3 Å². The van der Waals surface area contributed by atoms with Crippen molar-refractivity contribution in [2.24, 2.45) is 0 Å². The Kier molecular flexibility index (Phi) is 8.04. The van der Waals surface area contributed by atoms with Crippen LogP contribution in [0.15, 0.2) is 0 Å². The lowest BCUT2D eigenvalue weighted by atomic mass is 10.2. The standard InChI is InChI=1S/C9H19IN2OS/c1-5-12(4)9(13)6-8(14-10)7-11(2)3/h8H,5-7H2,1-4H3. The normalized spacial score (nSPS) is 13.0. The fourth-order valence-corrected chi connectivity index (χ4v) is 2.64. The Morgan fingerprint density at radius 1 is 1.43 bits per heavy atom. The molecule has 0 aromatic rings. The van der Waals surface area contributed by atoms with Crippen LogP contribution in [0.3, 0.4) is 0 Å².